The summed E-state index contributed by atoms with van der Waals surface area (Å²) in [6, 6.07) is 12.9. The Morgan fingerprint density at radius 2 is 2.00 bits per heavy atom. The molecule has 0 saturated carbocycles. The Morgan fingerprint density at radius 3 is 2.85 bits per heavy atom. The number of aromatic nitrogens is 2. The summed E-state index contributed by atoms with van der Waals surface area (Å²) in [6.07, 6.45) is 6.10. The smallest absolute Gasteiger partial charge is 0.222 e. The van der Waals surface area contributed by atoms with Crippen molar-refractivity contribution in [2.75, 3.05) is 19.7 Å². The summed E-state index contributed by atoms with van der Waals surface area (Å²) in [5, 5.41) is 0. The van der Waals surface area contributed by atoms with Crippen molar-refractivity contribution in [2.45, 2.75) is 59.3 Å². The van der Waals surface area contributed by atoms with E-state index in [9.17, 15) is 4.79 Å². The topological polar surface area (TPSA) is 58.2 Å². The molecule has 1 N–H and O–H groups in total. The molecule has 1 fully saturated rings. The van der Waals surface area contributed by atoms with Gasteiger partial charge in [-0.25, -0.2) is 4.98 Å². The monoisotopic (exact) mass is 459 g/mol. The van der Waals surface area contributed by atoms with Gasteiger partial charge in [0.2, 0.25) is 5.91 Å². The molecule has 2 aromatic carbocycles. The average molecular weight is 460 g/mol. The fourth-order valence-electron chi connectivity index (χ4n) is 5.78. The van der Waals surface area contributed by atoms with Crippen molar-refractivity contribution in [3.8, 4) is 16.9 Å². The lowest BCUT2D eigenvalue weighted by atomic mass is 9.82. The summed E-state index contributed by atoms with van der Waals surface area (Å²) in [5.41, 5.74) is 5.67. The molecule has 0 radical (unpaired) electrons. The first-order valence-corrected chi connectivity index (χ1v) is 13.0. The summed E-state index contributed by atoms with van der Waals surface area (Å²) < 4.78 is 6.19. The molecule has 0 spiro atoms. The van der Waals surface area contributed by atoms with Gasteiger partial charge in [-0.15, -0.1) is 0 Å². The highest BCUT2D eigenvalue weighted by Gasteiger charge is 2.28. The number of hydrogen-bond donors (Lipinski definition) is 1. The van der Waals surface area contributed by atoms with Gasteiger partial charge in [0, 0.05) is 19.5 Å². The number of ether oxygens (including phenoxy) is 1. The number of nitrogens with zero attached hydrogens (tertiary/aromatic N) is 2. The number of aromatic amines is 1. The fourth-order valence-corrected chi connectivity index (χ4v) is 5.78. The van der Waals surface area contributed by atoms with Crippen molar-refractivity contribution in [3.05, 3.63) is 47.8 Å². The molecule has 3 unspecified atom stereocenters. The number of piperidine rings is 1. The normalized spacial score (nSPS) is 23.1. The molecule has 2 aliphatic rings. The maximum absolute atomic E-state index is 13.1. The molecule has 0 bridgehead atoms. The van der Waals surface area contributed by atoms with E-state index in [1.807, 2.05) is 6.92 Å². The largest absolute Gasteiger partial charge is 0.493 e. The van der Waals surface area contributed by atoms with Gasteiger partial charge in [-0.1, -0.05) is 32.4 Å². The molecule has 0 aliphatic carbocycles. The number of carbonyl (C=O) groups is 1. The third-order valence-electron chi connectivity index (χ3n) is 7.97. The van der Waals surface area contributed by atoms with Gasteiger partial charge >= 0.3 is 0 Å². The van der Waals surface area contributed by atoms with E-state index in [0.717, 1.165) is 55.0 Å². The number of amides is 1. The molecule has 3 aromatic rings. The van der Waals surface area contributed by atoms with Crippen LogP contribution in [0.3, 0.4) is 0 Å². The lowest BCUT2D eigenvalue weighted by Gasteiger charge is -2.34. The zero-order chi connectivity index (χ0) is 23.7. The quantitative estimate of drug-likeness (QED) is 0.509. The first-order valence-electron chi connectivity index (χ1n) is 13.0. The van der Waals surface area contributed by atoms with E-state index in [1.165, 1.54) is 29.5 Å². The number of rotatable bonds is 4. The van der Waals surface area contributed by atoms with Gasteiger partial charge in [0.05, 0.1) is 17.6 Å². The minimum Gasteiger partial charge on any atom is -0.493 e. The summed E-state index contributed by atoms with van der Waals surface area (Å²) in [5.74, 6) is 3.73. The van der Waals surface area contributed by atoms with Crippen molar-refractivity contribution in [1.82, 2.24) is 14.9 Å². The summed E-state index contributed by atoms with van der Waals surface area (Å²) in [4.78, 5) is 23.1. The van der Waals surface area contributed by atoms with Gasteiger partial charge in [-0.05, 0) is 91.3 Å². The zero-order valence-corrected chi connectivity index (χ0v) is 20.8. The molecule has 1 saturated heterocycles. The Balaban J connectivity index is 1.31. The van der Waals surface area contributed by atoms with Crippen LogP contribution in [-0.2, 0) is 11.2 Å². The Kier molecular flexibility index (Phi) is 6.62. The molecule has 5 heteroatoms. The van der Waals surface area contributed by atoms with Crippen LogP contribution >= 0.6 is 0 Å². The van der Waals surface area contributed by atoms with Crippen LogP contribution < -0.4 is 4.74 Å². The van der Waals surface area contributed by atoms with Crippen molar-refractivity contribution in [2.24, 2.45) is 17.8 Å². The van der Waals surface area contributed by atoms with Crippen LogP contribution in [0.5, 0.6) is 5.75 Å². The van der Waals surface area contributed by atoms with E-state index < -0.39 is 0 Å². The van der Waals surface area contributed by atoms with Crippen LogP contribution in [-0.4, -0.2) is 40.5 Å². The van der Waals surface area contributed by atoms with Gasteiger partial charge in [-0.3, -0.25) is 4.79 Å². The highest BCUT2D eigenvalue weighted by Crippen LogP contribution is 2.35. The Labute approximate surface area is 202 Å². The molecule has 3 heterocycles. The van der Waals surface area contributed by atoms with Gasteiger partial charge in [0.15, 0.2) is 0 Å². The second-order valence-corrected chi connectivity index (χ2v) is 10.4. The number of aryl methyl sites for hydroxylation is 1. The van der Waals surface area contributed by atoms with E-state index in [2.05, 4.69) is 65.1 Å². The minimum absolute atomic E-state index is 0.340. The lowest BCUT2D eigenvalue weighted by molar-refractivity contribution is -0.134. The Bertz CT molecular complexity index is 1170. The van der Waals surface area contributed by atoms with Gasteiger partial charge in [0.1, 0.15) is 11.6 Å². The van der Waals surface area contributed by atoms with E-state index in [0.29, 0.717) is 36.7 Å². The molecular formula is C29H37N3O2. The Morgan fingerprint density at radius 1 is 1.18 bits per heavy atom. The standard InChI is InChI=1S/C29H37N3O2/c1-4-21-6-5-12-32(18-21)29(33)17-22-11-13-34-28-10-8-23(15-25(28)14-19(22)2)24-7-9-26-27(16-24)31-20(3)30-26/h7-10,15-16,19,21-22H,4-6,11-14,17-18H2,1-3H3,(H,30,31). The predicted octanol–water partition coefficient (Wildman–Crippen LogP) is 6.15. The van der Waals surface area contributed by atoms with E-state index in [4.69, 9.17) is 4.74 Å². The van der Waals surface area contributed by atoms with Crippen LogP contribution in [0.4, 0.5) is 0 Å². The number of imidazole rings is 1. The third kappa shape index (κ3) is 4.84. The molecule has 34 heavy (non-hydrogen) atoms. The highest BCUT2D eigenvalue weighted by atomic mass is 16.5. The van der Waals surface area contributed by atoms with Gasteiger partial charge in [0.25, 0.3) is 0 Å². The van der Waals surface area contributed by atoms with Crippen molar-refractivity contribution >= 4 is 16.9 Å². The number of benzene rings is 2. The van der Waals surface area contributed by atoms with Crippen LogP contribution in [0, 0.1) is 24.7 Å². The minimum atomic E-state index is 0.340. The molecule has 1 amide bonds. The van der Waals surface area contributed by atoms with Gasteiger partial charge in [-0.2, -0.15) is 0 Å². The number of fused-ring (bicyclic) bond motifs is 2. The second-order valence-electron chi connectivity index (χ2n) is 10.4. The molecule has 3 atom stereocenters. The number of nitrogens with one attached hydrogen (secondary N) is 1. The lowest BCUT2D eigenvalue weighted by Crippen LogP contribution is -2.41. The number of carbonyl (C=O) groups excluding carboxylic acids is 1. The summed E-state index contributed by atoms with van der Waals surface area (Å²) in [6.45, 7) is 9.08. The molecule has 2 aliphatic heterocycles. The van der Waals surface area contributed by atoms with E-state index >= 15 is 0 Å². The van der Waals surface area contributed by atoms with Crippen LogP contribution in [0.15, 0.2) is 36.4 Å². The third-order valence-corrected chi connectivity index (χ3v) is 7.97. The first kappa shape index (κ1) is 22.9. The number of H-pyrrole nitrogens is 1. The van der Waals surface area contributed by atoms with Crippen LogP contribution in [0.2, 0.25) is 0 Å². The first-order chi connectivity index (χ1) is 16.5. The maximum atomic E-state index is 13.1. The van der Waals surface area contributed by atoms with E-state index in [1.54, 1.807) is 0 Å². The fraction of sp³-hybridized carbons (Fsp3) is 0.517. The Hall–Kier alpha value is -2.82. The van der Waals surface area contributed by atoms with Crippen LogP contribution in [0.1, 0.15) is 57.3 Å². The van der Waals surface area contributed by atoms with Crippen molar-refractivity contribution in [3.63, 3.8) is 0 Å². The van der Waals surface area contributed by atoms with E-state index in [-0.39, 0.29) is 0 Å². The maximum Gasteiger partial charge on any atom is 0.222 e. The van der Waals surface area contributed by atoms with Crippen molar-refractivity contribution in [1.29, 1.82) is 0 Å². The highest BCUT2D eigenvalue weighted by molar-refractivity contribution is 5.82. The average Bonchev–Trinajstić information content (AvgIpc) is 3.22. The summed E-state index contributed by atoms with van der Waals surface area (Å²) in [7, 11) is 0. The molecule has 5 rings (SSSR count). The van der Waals surface area contributed by atoms with Crippen LogP contribution in [0.25, 0.3) is 22.2 Å². The molecule has 180 valence electrons. The SMILES string of the molecule is CCC1CCCN(C(=O)CC2CCOc3ccc(-c4ccc5nc(C)[nH]c5c4)cc3CC2C)C1. The molecule has 5 nitrogen and oxygen atoms in total. The van der Waals surface area contributed by atoms with Gasteiger partial charge < -0.3 is 14.6 Å². The second kappa shape index (κ2) is 9.81. The molecule has 1 aromatic heterocycles. The summed E-state index contributed by atoms with van der Waals surface area (Å²) >= 11 is 0. The number of likely N-dealkylation sites (tertiary alicyclic amines) is 1. The predicted molar refractivity (Wildman–Crippen MR) is 137 cm³/mol. The number of hydrogen-bond acceptors (Lipinski definition) is 3. The molecular weight excluding hydrogens is 422 g/mol. The van der Waals surface area contributed by atoms with Crippen molar-refractivity contribution < 1.29 is 9.53 Å². The zero-order valence-electron chi connectivity index (χ0n) is 20.8.